The summed E-state index contributed by atoms with van der Waals surface area (Å²) in [5, 5.41) is 9.54. The van der Waals surface area contributed by atoms with E-state index in [1.165, 1.54) is 11.0 Å². The molecule has 0 aromatic carbocycles. The molecule has 1 aromatic rings. The number of hydrogen-bond acceptors (Lipinski definition) is 6. The normalized spacial score (nSPS) is 31.3. The minimum atomic E-state index is -0.620. The van der Waals surface area contributed by atoms with Crippen molar-refractivity contribution in [3.8, 4) is 0 Å². The Balaban J connectivity index is 1.45. The number of Topliss-reactive ketones (excluding diaryl/α,β-unsaturated/α-hetero) is 1. The molecule has 182 valence electrons. The number of rotatable bonds is 3. The van der Waals surface area contributed by atoms with Crippen molar-refractivity contribution in [3.63, 3.8) is 0 Å². The summed E-state index contributed by atoms with van der Waals surface area (Å²) in [4.78, 5) is 55.1. The first kappa shape index (κ1) is 22.9. The first-order valence-corrected chi connectivity index (χ1v) is 13.2. The molecule has 2 heterocycles. The third kappa shape index (κ3) is 3.40. The second-order valence-corrected chi connectivity index (χ2v) is 11.0. The maximum Gasteiger partial charge on any atom is 0.233 e. The SMILES string of the molecule is O=C1C=C(Br)C(=O)C2=C1[C@@H](c1ccc(CO)o1)C1=CC[C@@H]3C(=O)N(C4CCCCC4)C(=O)[C@@H]3[C@@H]1C2. The molecule has 7 nitrogen and oxygen atoms in total. The smallest absolute Gasteiger partial charge is 0.233 e. The van der Waals surface area contributed by atoms with Crippen molar-refractivity contribution in [2.24, 2.45) is 17.8 Å². The molecule has 8 heteroatoms. The number of amides is 2. The van der Waals surface area contributed by atoms with Crippen molar-refractivity contribution < 1.29 is 28.7 Å². The topological polar surface area (TPSA) is 105 Å². The zero-order valence-corrected chi connectivity index (χ0v) is 20.8. The van der Waals surface area contributed by atoms with E-state index in [2.05, 4.69) is 15.9 Å². The lowest BCUT2D eigenvalue weighted by atomic mass is 9.60. The van der Waals surface area contributed by atoms with Crippen LogP contribution >= 0.6 is 15.9 Å². The highest BCUT2D eigenvalue weighted by Gasteiger charge is 2.57. The summed E-state index contributed by atoms with van der Waals surface area (Å²) in [5.41, 5.74) is 1.62. The van der Waals surface area contributed by atoms with Gasteiger partial charge < -0.3 is 9.52 Å². The molecule has 1 saturated carbocycles. The molecule has 4 aliphatic carbocycles. The van der Waals surface area contributed by atoms with Crippen LogP contribution in [0.3, 0.4) is 0 Å². The van der Waals surface area contributed by atoms with Crippen LogP contribution in [-0.4, -0.2) is 39.4 Å². The van der Waals surface area contributed by atoms with Gasteiger partial charge in [-0.2, -0.15) is 0 Å². The van der Waals surface area contributed by atoms with Crippen molar-refractivity contribution >= 4 is 39.3 Å². The number of fused-ring (bicyclic) bond motifs is 3. The van der Waals surface area contributed by atoms with Gasteiger partial charge in [-0.25, -0.2) is 0 Å². The lowest BCUT2D eigenvalue weighted by Crippen LogP contribution is -2.43. The van der Waals surface area contributed by atoms with Gasteiger partial charge in [0.2, 0.25) is 11.8 Å². The van der Waals surface area contributed by atoms with Gasteiger partial charge in [0.15, 0.2) is 11.6 Å². The van der Waals surface area contributed by atoms with E-state index >= 15 is 0 Å². The minimum absolute atomic E-state index is 0.0425. The zero-order valence-electron chi connectivity index (χ0n) is 19.2. The van der Waals surface area contributed by atoms with E-state index in [4.69, 9.17) is 4.42 Å². The Labute approximate surface area is 211 Å². The summed E-state index contributed by atoms with van der Waals surface area (Å²) in [6.07, 6.45) is 8.82. The van der Waals surface area contributed by atoms with E-state index in [1.807, 2.05) is 6.08 Å². The summed E-state index contributed by atoms with van der Waals surface area (Å²) < 4.78 is 6.07. The number of ketones is 2. The van der Waals surface area contributed by atoms with E-state index in [9.17, 15) is 24.3 Å². The van der Waals surface area contributed by atoms with Gasteiger partial charge in [-0.15, -0.1) is 0 Å². The lowest BCUT2D eigenvalue weighted by molar-refractivity contribution is -0.143. The van der Waals surface area contributed by atoms with E-state index in [1.54, 1.807) is 12.1 Å². The third-order valence-electron chi connectivity index (χ3n) is 8.43. The third-order valence-corrected chi connectivity index (χ3v) is 9.02. The molecule has 0 unspecified atom stereocenters. The molecule has 2 amide bonds. The predicted octanol–water partition coefficient (Wildman–Crippen LogP) is 3.87. The molecule has 6 rings (SSSR count). The summed E-state index contributed by atoms with van der Waals surface area (Å²) in [6, 6.07) is 3.33. The fourth-order valence-corrected chi connectivity index (χ4v) is 7.34. The van der Waals surface area contributed by atoms with Gasteiger partial charge in [0.25, 0.3) is 0 Å². The Kier molecular flexibility index (Phi) is 5.56. The molecule has 2 fully saturated rings. The van der Waals surface area contributed by atoms with Crippen LogP contribution in [0.2, 0.25) is 0 Å². The van der Waals surface area contributed by atoms with Gasteiger partial charge >= 0.3 is 0 Å². The van der Waals surface area contributed by atoms with Gasteiger partial charge in [-0.3, -0.25) is 24.1 Å². The Bertz CT molecular complexity index is 1250. The summed E-state index contributed by atoms with van der Waals surface area (Å²) in [7, 11) is 0. The number of carbonyl (C=O) groups is 4. The molecule has 4 atom stereocenters. The largest absolute Gasteiger partial charge is 0.463 e. The van der Waals surface area contributed by atoms with E-state index in [0.29, 0.717) is 29.1 Å². The van der Waals surface area contributed by atoms with E-state index in [-0.39, 0.29) is 52.9 Å². The average molecular weight is 540 g/mol. The van der Waals surface area contributed by atoms with Crippen molar-refractivity contribution in [1.29, 1.82) is 0 Å². The Morgan fingerprint density at radius 1 is 1.03 bits per heavy atom. The number of nitrogens with zero attached hydrogens (tertiary/aromatic N) is 1. The first-order valence-electron chi connectivity index (χ1n) is 12.4. The van der Waals surface area contributed by atoms with Crippen LogP contribution in [0.5, 0.6) is 0 Å². The molecule has 35 heavy (non-hydrogen) atoms. The Morgan fingerprint density at radius 3 is 2.51 bits per heavy atom. The molecule has 0 bridgehead atoms. The molecule has 0 spiro atoms. The van der Waals surface area contributed by atoms with E-state index in [0.717, 1.165) is 37.7 Å². The zero-order chi connectivity index (χ0) is 24.4. The highest BCUT2D eigenvalue weighted by molar-refractivity contribution is 9.12. The molecule has 0 radical (unpaired) electrons. The quantitative estimate of drug-likeness (QED) is 0.355. The second-order valence-electron chi connectivity index (χ2n) is 10.2. The van der Waals surface area contributed by atoms with E-state index < -0.39 is 17.8 Å². The standard InChI is InChI=1S/C27H26BrNO6/c28-19-11-20(31)23-18(25(19)32)10-17-15(24(23)21-9-6-14(12-30)35-21)7-8-16-22(17)27(34)29(26(16)33)13-4-2-1-3-5-13/h6-7,9,11,13,16-17,22,24,30H,1-5,8,10,12H2/t16-,17+,22-,24+/m0/s1. The monoisotopic (exact) mass is 539 g/mol. The van der Waals surface area contributed by atoms with Crippen LogP contribution in [0.15, 0.2) is 49.9 Å². The number of imide groups is 1. The van der Waals surface area contributed by atoms with Crippen molar-refractivity contribution in [2.75, 3.05) is 0 Å². The molecular formula is C27H26BrNO6. The van der Waals surface area contributed by atoms with Crippen LogP contribution in [0.4, 0.5) is 0 Å². The van der Waals surface area contributed by atoms with Crippen molar-refractivity contribution in [3.05, 3.63) is 57.0 Å². The van der Waals surface area contributed by atoms with Crippen molar-refractivity contribution in [1.82, 2.24) is 4.90 Å². The number of allylic oxidation sites excluding steroid dienone is 6. The van der Waals surface area contributed by atoms with Crippen LogP contribution < -0.4 is 0 Å². The second kappa shape index (κ2) is 8.52. The molecule has 1 aromatic heterocycles. The van der Waals surface area contributed by atoms with Gasteiger partial charge in [-0.1, -0.05) is 30.9 Å². The Hall–Kier alpha value is -2.58. The van der Waals surface area contributed by atoms with Crippen LogP contribution in [0.25, 0.3) is 0 Å². The van der Waals surface area contributed by atoms with Gasteiger partial charge in [0.05, 0.1) is 22.2 Å². The highest BCUT2D eigenvalue weighted by atomic mass is 79.9. The number of aliphatic hydroxyl groups is 1. The number of likely N-dealkylation sites (tertiary alicyclic amines) is 1. The Morgan fingerprint density at radius 2 is 1.80 bits per heavy atom. The lowest BCUT2D eigenvalue weighted by Gasteiger charge is -2.41. The number of aliphatic hydroxyl groups excluding tert-OH is 1. The fraction of sp³-hybridized carbons (Fsp3) is 0.481. The molecule has 5 aliphatic rings. The summed E-state index contributed by atoms with van der Waals surface area (Å²) in [6.45, 7) is -0.284. The molecular weight excluding hydrogens is 514 g/mol. The van der Waals surface area contributed by atoms with Gasteiger partial charge in [0.1, 0.15) is 18.1 Å². The maximum atomic E-state index is 13.8. The predicted molar refractivity (Wildman–Crippen MR) is 128 cm³/mol. The van der Waals surface area contributed by atoms with Gasteiger partial charge in [0, 0.05) is 23.3 Å². The summed E-state index contributed by atoms with van der Waals surface area (Å²) >= 11 is 3.23. The molecule has 1 N–H and O–H groups in total. The van der Waals surface area contributed by atoms with Crippen molar-refractivity contribution in [2.45, 2.75) is 63.5 Å². The number of hydrogen-bond donors (Lipinski definition) is 1. The van der Waals surface area contributed by atoms with Crippen LogP contribution in [0, 0.1) is 17.8 Å². The highest BCUT2D eigenvalue weighted by Crippen LogP contribution is 2.55. The number of carbonyl (C=O) groups excluding carboxylic acids is 4. The average Bonchev–Trinajstić information content (AvgIpc) is 3.44. The first-order chi connectivity index (χ1) is 16.9. The maximum absolute atomic E-state index is 13.8. The molecule has 1 saturated heterocycles. The summed E-state index contributed by atoms with van der Waals surface area (Å²) in [5.74, 6) is -1.88. The molecule has 1 aliphatic heterocycles. The van der Waals surface area contributed by atoms with Crippen LogP contribution in [0.1, 0.15) is 62.4 Å². The van der Waals surface area contributed by atoms with Gasteiger partial charge in [-0.05, 0) is 59.7 Å². The number of halogens is 1. The minimum Gasteiger partial charge on any atom is -0.463 e. The fourth-order valence-electron chi connectivity index (χ4n) is 6.89. The van der Waals surface area contributed by atoms with Crippen LogP contribution in [-0.2, 0) is 25.8 Å². The number of furan rings is 1.